The number of hydrogen-bond acceptors (Lipinski definition) is 0. The second-order valence-corrected chi connectivity index (χ2v) is 14.9. The van der Waals surface area contributed by atoms with Crippen LogP contribution in [-0.4, -0.2) is 13.4 Å². The number of alkyl halides is 24. The quantitative estimate of drug-likeness (QED) is 0.115. The summed E-state index contributed by atoms with van der Waals surface area (Å²) < 4.78 is 326. The summed E-state index contributed by atoms with van der Waals surface area (Å²) >= 11 is 0. The average Bonchev–Trinajstić information content (AvgIpc) is 3.22. The minimum Gasteiger partial charge on any atom is -0.166 e. The Morgan fingerprint density at radius 2 is 0.386 bits per heavy atom. The first-order valence-electron chi connectivity index (χ1n) is 19.0. The third-order valence-electron chi connectivity index (χ3n) is 10.2. The van der Waals surface area contributed by atoms with Crippen molar-refractivity contribution >= 4 is 46.2 Å². The Kier molecular flexibility index (Phi) is 15.0. The predicted octanol–water partition coefficient (Wildman–Crippen LogP) is 12.6. The predicted molar refractivity (Wildman–Crippen MR) is 208 cm³/mol. The second-order valence-electron chi connectivity index (χ2n) is 14.9. The van der Waals surface area contributed by atoms with Crippen LogP contribution in [0.25, 0.3) is 0 Å². The highest BCUT2D eigenvalue weighted by atomic mass is 19.4. The van der Waals surface area contributed by atoms with Crippen molar-refractivity contribution in [2.24, 2.45) is 0 Å². The molecular formula is C44H22B2F24. The maximum absolute atomic E-state index is 13.7. The molecule has 0 atom stereocenters. The summed E-state index contributed by atoms with van der Waals surface area (Å²) in [5.41, 5.74) is -19.4. The molecule has 70 heavy (non-hydrogen) atoms. The van der Waals surface area contributed by atoms with Crippen LogP contribution in [0.5, 0.6) is 0 Å². The van der Waals surface area contributed by atoms with Crippen molar-refractivity contribution < 1.29 is 105 Å². The van der Waals surface area contributed by atoms with E-state index in [1.807, 2.05) is 0 Å². The molecule has 6 aromatic carbocycles. The fourth-order valence-electron chi connectivity index (χ4n) is 7.37. The van der Waals surface area contributed by atoms with Gasteiger partial charge in [-0.1, -0.05) is 154 Å². The summed E-state index contributed by atoms with van der Waals surface area (Å²) in [5.74, 6) is 0. The first-order chi connectivity index (χ1) is 31.8. The lowest BCUT2D eigenvalue weighted by Gasteiger charge is -2.25. The van der Waals surface area contributed by atoms with Crippen molar-refractivity contribution in [3.05, 3.63) is 178 Å². The van der Waals surface area contributed by atoms with E-state index >= 15 is 0 Å². The van der Waals surface area contributed by atoms with Gasteiger partial charge in [0.25, 0.3) is 0 Å². The molecule has 0 aliphatic rings. The van der Waals surface area contributed by atoms with Crippen molar-refractivity contribution in [1.29, 1.82) is 0 Å². The van der Waals surface area contributed by atoms with E-state index in [1.165, 1.54) is 0 Å². The first-order valence-corrected chi connectivity index (χ1v) is 19.0. The van der Waals surface area contributed by atoms with Gasteiger partial charge in [-0.25, -0.2) is 0 Å². The van der Waals surface area contributed by atoms with Gasteiger partial charge in [-0.3, -0.25) is 0 Å². The molecule has 0 saturated carbocycles. The molecule has 0 fully saturated rings. The fraction of sp³-hybridized carbons (Fsp3) is 0.182. The van der Waals surface area contributed by atoms with E-state index in [0.717, 1.165) is 48.5 Å². The molecule has 0 unspecified atom stereocenters. The molecule has 0 saturated heterocycles. The first kappa shape index (κ1) is 54.7. The zero-order valence-electron chi connectivity index (χ0n) is 33.9. The summed E-state index contributed by atoms with van der Waals surface area (Å²) in [6, 6.07) is 12.3. The van der Waals surface area contributed by atoms with Gasteiger partial charge in [0.1, 0.15) is 0 Å². The maximum atomic E-state index is 13.7. The van der Waals surface area contributed by atoms with Crippen LogP contribution in [0.2, 0.25) is 0 Å². The Balaban J connectivity index is 0.000000261. The molecule has 26 heteroatoms. The number of halogens is 24. The molecule has 372 valence electrons. The third-order valence-corrected chi connectivity index (χ3v) is 10.2. The van der Waals surface area contributed by atoms with Crippen molar-refractivity contribution in [1.82, 2.24) is 0 Å². The highest BCUT2D eigenvalue weighted by Gasteiger charge is 2.46. The zero-order chi connectivity index (χ0) is 52.8. The van der Waals surface area contributed by atoms with Crippen LogP contribution in [-0.2, 0) is 49.4 Å². The molecule has 0 aromatic heterocycles. The van der Waals surface area contributed by atoms with Crippen molar-refractivity contribution in [3.8, 4) is 0 Å². The number of benzene rings is 6. The minimum absolute atomic E-state index is 0.125. The van der Waals surface area contributed by atoms with Crippen LogP contribution in [0.4, 0.5) is 105 Å². The van der Waals surface area contributed by atoms with E-state index in [-0.39, 0.29) is 36.4 Å². The van der Waals surface area contributed by atoms with Gasteiger partial charge in [0.05, 0.1) is 44.5 Å². The summed E-state index contributed by atoms with van der Waals surface area (Å²) in [6.45, 7) is -4.54. The van der Waals surface area contributed by atoms with Crippen LogP contribution < -0.4 is 32.8 Å². The molecule has 0 heterocycles. The highest BCUT2D eigenvalue weighted by molar-refractivity contribution is 6.96. The van der Waals surface area contributed by atoms with Gasteiger partial charge < -0.3 is 0 Å². The monoisotopic (exact) mass is 1030 g/mol. The molecule has 0 aliphatic heterocycles. The van der Waals surface area contributed by atoms with Crippen molar-refractivity contribution in [3.63, 3.8) is 0 Å². The smallest absolute Gasteiger partial charge is 0.166 e. The van der Waals surface area contributed by atoms with Gasteiger partial charge in [0, 0.05) is 0 Å². The summed E-state index contributed by atoms with van der Waals surface area (Å²) in [7, 11) is 0. The highest BCUT2D eigenvalue weighted by Crippen LogP contribution is 2.38. The Morgan fingerprint density at radius 1 is 0.214 bits per heavy atom. The second kappa shape index (κ2) is 19.2. The number of hydrogen-bond donors (Lipinski definition) is 0. The minimum atomic E-state index is -5.37. The molecular weight excluding hydrogens is 1010 g/mol. The Hall–Kier alpha value is -6.23. The fourth-order valence-corrected chi connectivity index (χ4v) is 7.37. The van der Waals surface area contributed by atoms with Crippen LogP contribution >= 0.6 is 0 Å². The van der Waals surface area contributed by atoms with Crippen LogP contribution in [0.1, 0.15) is 44.5 Å². The molecule has 6 aromatic rings. The van der Waals surface area contributed by atoms with E-state index in [1.54, 1.807) is 0 Å². The van der Waals surface area contributed by atoms with Crippen LogP contribution in [0, 0.1) is 0 Å². The largest absolute Gasteiger partial charge is 0.416 e. The van der Waals surface area contributed by atoms with Gasteiger partial charge in [-0.2, -0.15) is 105 Å². The molecule has 0 N–H and O–H groups in total. The molecule has 0 bridgehead atoms. The Labute approximate surface area is 378 Å². The lowest BCUT2D eigenvalue weighted by atomic mass is 9.35. The van der Waals surface area contributed by atoms with Crippen molar-refractivity contribution in [2.75, 3.05) is 0 Å². The molecule has 0 spiro atoms. The summed E-state index contributed by atoms with van der Waals surface area (Å²) in [5, 5.41) is 0. The van der Waals surface area contributed by atoms with E-state index in [9.17, 15) is 105 Å². The Morgan fingerprint density at radius 3 is 0.543 bits per heavy atom. The third kappa shape index (κ3) is 12.7. The van der Waals surface area contributed by atoms with Gasteiger partial charge in [0.2, 0.25) is 13.4 Å². The summed E-state index contributed by atoms with van der Waals surface area (Å²) in [6.07, 6.45) is -42.2. The normalized spacial score (nSPS) is 13.1. The summed E-state index contributed by atoms with van der Waals surface area (Å²) in [4.78, 5) is 0. The lowest BCUT2D eigenvalue weighted by Crippen LogP contribution is -2.56. The molecule has 6 rings (SSSR count). The average molecular weight is 1030 g/mol. The molecule has 0 radical (unpaired) electrons. The van der Waals surface area contributed by atoms with E-state index in [2.05, 4.69) is 0 Å². The molecule has 0 amide bonds. The SMILES string of the molecule is FC(F)(F)c1cc(B(c2ccccc2C(F)(F)F)c2ccccc2C(F)(F)F)cc(C(F)(F)F)c1.FC(F)(F)c1cc(B(c2ccccc2C(F)(F)F)c2ccccc2C(F)(F)F)cc(C(F)(F)F)c1. The number of rotatable bonds is 6. The zero-order valence-corrected chi connectivity index (χ0v) is 33.9. The Bertz CT molecular complexity index is 2420. The topological polar surface area (TPSA) is 0 Å². The van der Waals surface area contributed by atoms with Crippen LogP contribution in [0.3, 0.4) is 0 Å². The van der Waals surface area contributed by atoms with Gasteiger partial charge in [-0.05, 0) is 12.1 Å². The lowest BCUT2D eigenvalue weighted by molar-refractivity contribution is -0.144. The van der Waals surface area contributed by atoms with Crippen molar-refractivity contribution in [2.45, 2.75) is 49.4 Å². The molecule has 0 aliphatic carbocycles. The van der Waals surface area contributed by atoms with Gasteiger partial charge in [0.15, 0.2) is 0 Å². The van der Waals surface area contributed by atoms with Crippen LogP contribution in [0.15, 0.2) is 133 Å². The maximum Gasteiger partial charge on any atom is 0.416 e. The standard InChI is InChI=1S/2C22H11BF12/c2*24-19(25,26)12-9-13(20(27,28)29)11-14(10-12)23(17-7-3-1-5-15(17)21(30,31)32)18-8-4-2-6-16(18)22(33,34)35/h2*1-11H. The van der Waals surface area contributed by atoms with E-state index in [4.69, 9.17) is 0 Å². The van der Waals surface area contributed by atoms with Gasteiger partial charge >= 0.3 is 49.4 Å². The molecule has 0 nitrogen and oxygen atoms in total. The van der Waals surface area contributed by atoms with Gasteiger partial charge in [-0.15, -0.1) is 0 Å². The van der Waals surface area contributed by atoms with E-state index < -0.39 is 140 Å². The van der Waals surface area contributed by atoms with E-state index in [0.29, 0.717) is 48.5 Å².